The molecule has 1 aromatic carbocycles. The fourth-order valence-corrected chi connectivity index (χ4v) is 2.09. The molecule has 0 heterocycles. The summed E-state index contributed by atoms with van der Waals surface area (Å²) in [5.41, 5.74) is 2.50. The van der Waals surface area contributed by atoms with Crippen molar-refractivity contribution in [2.45, 2.75) is 26.8 Å². The molecule has 21 heavy (non-hydrogen) atoms. The smallest absolute Gasteiger partial charge is 0.239 e. The van der Waals surface area contributed by atoms with Crippen LogP contribution in [0.3, 0.4) is 0 Å². The Kier molecular flexibility index (Phi) is 7.27. The minimum Gasteiger partial charge on any atom is -0.361 e. The Morgan fingerprint density at radius 3 is 2.71 bits per heavy atom. The van der Waals surface area contributed by atoms with Crippen LogP contribution in [0.5, 0.6) is 0 Å². The maximum atomic E-state index is 11.5. The van der Waals surface area contributed by atoms with Crippen LogP contribution in [-0.4, -0.2) is 32.6 Å². The first-order chi connectivity index (χ1) is 10.2. The predicted molar refractivity (Wildman–Crippen MR) is 85.1 cm³/mol. The predicted octanol–water partition coefficient (Wildman–Crippen LogP) is 1.63. The summed E-state index contributed by atoms with van der Waals surface area (Å²) in [6.45, 7) is 6.74. The van der Waals surface area contributed by atoms with Gasteiger partial charge in [0.05, 0.1) is 17.8 Å². The third kappa shape index (κ3) is 5.09. The lowest BCUT2D eigenvalue weighted by Crippen LogP contribution is -2.35. The SMILES string of the molecule is CCCNCc1ccc(N(CC)CC(=O)NC)c(C#N)c1. The maximum absolute atomic E-state index is 11.5. The van der Waals surface area contributed by atoms with E-state index in [1.54, 1.807) is 7.05 Å². The summed E-state index contributed by atoms with van der Waals surface area (Å²) < 4.78 is 0. The van der Waals surface area contributed by atoms with Crippen LogP contribution < -0.4 is 15.5 Å². The molecule has 0 fully saturated rings. The average Bonchev–Trinajstić information content (AvgIpc) is 2.52. The van der Waals surface area contributed by atoms with Crippen molar-refractivity contribution in [2.24, 2.45) is 0 Å². The number of carbonyl (C=O) groups is 1. The molecule has 5 nitrogen and oxygen atoms in total. The van der Waals surface area contributed by atoms with Crippen LogP contribution in [0.2, 0.25) is 0 Å². The Hall–Kier alpha value is -2.06. The minimum atomic E-state index is -0.0607. The van der Waals surface area contributed by atoms with Crippen molar-refractivity contribution in [3.63, 3.8) is 0 Å². The first kappa shape index (κ1) is 17.0. The van der Waals surface area contributed by atoms with Crippen molar-refractivity contribution >= 4 is 11.6 Å². The summed E-state index contributed by atoms with van der Waals surface area (Å²) in [6.07, 6.45) is 1.08. The molecular formula is C16H24N4O. The molecule has 0 bridgehead atoms. The second kappa shape index (κ2) is 8.98. The van der Waals surface area contributed by atoms with Gasteiger partial charge in [0.15, 0.2) is 0 Å². The van der Waals surface area contributed by atoms with E-state index in [0.29, 0.717) is 12.1 Å². The lowest BCUT2D eigenvalue weighted by atomic mass is 10.1. The van der Waals surface area contributed by atoms with Gasteiger partial charge in [0.1, 0.15) is 6.07 Å². The molecule has 0 aliphatic rings. The topological polar surface area (TPSA) is 68.2 Å². The van der Waals surface area contributed by atoms with E-state index >= 15 is 0 Å². The minimum absolute atomic E-state index is 0.0607. The van der Waals surface area contributed by atoms with E-state index in [0.717, 1.165) is 30.8 Å². The quantitative estimate of drug-likeness (QED) is 0.713. The molecule has 1 rings (SSSR count). The van der Waals surface area contributed by atoms with Crippen molar-refractivity contribution < 1.29 is 4.79 Å². The molecule has 0 aliphatic carbocycles. The molecule has 0 aromatic heterocycles. The van der Waals surface area contributed by atoms with E-state index in [1.165, 1.54) is 0 Å². The number of anilines is 1. The van der Waals surface area contributed by atoms with Gasteiger partial charge >= 0.3 is 0 Å². The highest BCUT2D eigenvalue weighted by Crippen LogP contribution is 2.21. The van der Waals surface area contributed by atoms with Crippen LogP contribution in [0.25, 0.3) is 0 Å². The van der Waals surface area contributed by atoms with Crippen molar-refractivity contribution in [3.8, 4) is 6.07 Å². The van der Waals surface area contributed by atoms with Gasteiger partial charge in [-0.25, -0.2) is 0 Å². The fourth-order valence-electron chi connectivity index (χ4n) is 2.09. The molecule has 0 saturated carbocycles. The molecule has 0 spiro atoms. The van der Waals surface area contributed by atoms with Gasteiger partial charge in [-0.2, -0.15) is 5.26 Å². The van der Waals surface area contributed by atoms with Crippen molar-refractivity contribution in [2.75, 3.05) is 31.6 Å². The molecule has 0 radical (unpaired) electrons. The Morgan fingerprint density at radius 1 is 1.38 bits per heavy atom. The van der Waals surface area contributed by atoms with Crippen molar-refractivity contribution in [3.05, 3.63) is 29.3 Å². The van der Waals surface area contributed by atoms with E-state index in [4.69, 9.17) is 0 Å². The molecule has 114 valence electrons. The lowest BCUT2D eigenvalue weighted by Gasteiger charge is -2.23. The normalized spacial score (nSPS) is 10.0. The largest absolute Gasteiger partial charge is 0.361 e. The van der Waals surface area contributed by atoms with Gasteiger partial charge in [0, 0.05) is 20.1 Å². The average molecular weight is 288 g/mol. The first-order valence-electron chi connectivity index (χ1n) is 7.35. The number of nitriles is 1. The highest BCUT2D eigenvalue weighted by Gasteiger charge is 2.13. The monoisotopic (exact) mass is 288 g/mol. The summed E-state index contributed by atoms with van der Waals surface area (Å²) in [6, 6.07) is 8.05. The standard InChI is InChI=1S/C16H24N4O/c1-4-8-19-11-13-6-7-15(14(9-13)10-17)20(5-2)12-16(21)18-3/h6-7,9,19H,4-5,8,11-12H2,1-3H3,(H,18,21). The molecular weight excluding hydrogens is 264 g/mol. The van der Waals surface area contributed by atoms with Crippen LogP contribution in [0, 0.1) is 11.3 Å². The zero-order valence-electron chi connectivity index (χ0n) is 13.1. The number of nitrogens with zero attached hydrogens (tertiary/aromatic N) is 2. The van der Waals surface area contributed by atoms with Gasteiger partial charge in [-0.1, -0.05) is 13.0 Å². The zero-order valence-corrected chi connectivity index (χ0v) is 13.1. The number of hydrogen-bond acceptors (Lipinski definition) is 4. The summed E-state index contributed by atoms with van der Waals surface area (Å²) in [7, 11) is 1.61. The Morgan fingerprint density at radius 2 is 2.14 bits per heavy atom. The summed E-state index contributed by atoms with van der Waals surface area (Å²) in [5, 5.41) is 15.3. The first-order valence-corrected chi connectivity index (χ1v) is 7.35. The highest BCUT2D eigenvalue weighted by molar-refractivity contribution is 5.81. The van der Waals surface area contributed by atoms with Gasteiger partial charge in [-0.05, 0) is 37.6 Å². The second-order valence-electron chi connectivity index (χ2n) is 4.83. The Balaban J connectivity index is 2.91. The molecule has 1 aromatic rings. The van der Waals surface area contributed by atoms with Gasteiger partial charge in [-0.3, -0.25) is 4.79 Å². The van der Waals surface area contributed by atoms with Crippen LogP contribution in [0.4, 0.5) is 5.69 Å². The van der Waals surface area contributed by atoms with Crippen LogP contribution >= 0.6 is 0 Å². The Labute approximate surface area is 126 Å². The molecule has 0 aliphatic heterocycles. The lowest BCUT2D eigenvalue weighted by molar-refractivity contribution is -0.119. The molecule has 1 amide bonds. The number of amides is 1. The van der Waals surface area contributed by atoms with E-state index in [9.17, 15) is 10.1 Å². The van der Waals surface area contributed by atoms with E-state index in [2.05, 4.69) is 23.6 Å². The molecule has 5 heteroatoms. The van der Waals surface area contributed by atoms with Gasteiger partial charge in [-0.15, -0.1) is 0 Å². The number of benzene rings is 1. The maximum Gasteiger partial charge on any atom is 0.239 e. The number of nitrogens with one attached hydrogen (secondary N) is 2. The van der Waals surface area contributed by atoms with E-state index in [1.807, 2.05) is 30.0 Å². The Bertz CT molecular complexity index is 507. The number of rotatable bonds is 8. The second-order valence-corrected chi connectivity index (χ2v) is 4.83. The van der Waals surface area contributed by atoms with Crippen LogP contribution in [0.1, 0.15) is 31.4 Å². The van der Waals surface area contributed by atoms with Crippen LogP contribution in [-0.2, 0) is 11.3 Å². The molecule has 0 saturated heterocycles. The number of hydrogen-bond donors (Lipinski definition) is 2. The van der Waals surface area contributed by atoms with Crippen molar-refractivity contribution in [1.29, 1.82) is 5.26 Å². The molecule has 0 atom stereocenters. The summed E-state index contributed by atoms with van der Waals surface area (Å²) in [4.78, 5) is 13.5. The van der Waals surface area contributed by atoms with Gasteiger partial charge in [0.2, 0.25) is 5.91 Å². The van der Waals surface area contributed by atoms with Crippen molar-refractivity contribution in [1.82, 2.24) is 10.6 Å². The van der Waals surface area contributed by atoms with E-state index < -0.39 is 0 Å². The summed E-state index contributed by atoms with van der Waals surface area (Å²) in [5.74, 6) is -0.0607. The third-order valence-corrected chi connectivity index (χ3v) is 3.27. The van der Waals surface area contributed by atoms with Crippen LogP contribution in [0.15, 0.2) is 18.2 Å². The summed E-state index contributed by atoms with van der Waals surface area (Å²) >= 11 is 0. The van der Waals surface area contributed by atoms with Gasteiger partial charge < -0.3 is 15.5 Å². The number of likely N-dealkylation sites (N-methyl/N-ethyl adjacent to an activating group) is 2. The zero-order chi connectivity index (χ0) is 15.7. The third-order valence-electron chi connectivity index (χ3n) is 3.27. The number of carbonyl (C=O) groups excluding carboxylic acids is 1. The van der Waals surface area contributed by atoms with Gasteiger partial charge in [0.25, 0.3) is 0 Å². The highest BCUT2D eigenvalue weighted by atomic mass is 16.1. The molecule has 2 N–H and O–H groups in total. The fraction of sp³-hybridized carbons (Fsp3) is 0.500. The van der Waals surface area contributed by atoms with E-state index in [-0.39, 0.29) is 12.5 Å². The molecule has 0 unspecified atom stereocenters.